The van der Waals surface area contributed by atoms with E-state index < -0.39 is 15.9 Å². The fourth-order valence-electron chi connectivity index (χ4n) is 4.08. The molecular weight excluding hydrogens is 486 g/mol. The van der Waals surface area contributed by atoms with Crippen LogP contribution in [-0.4, -0.2) is 56.6 Å². The molecule has 0 radical (unpaired) electrons. The molecule has 10 heteroatoms. The number of hydrogen-bond donors (Lipinski definition) is 0. The van der Waals surface area contributed by atoms with Crippen molar-refractivity contribution < 1.29 is 22.7 Å². The van der Waals surface area contributed by atoms with E-state index in [0.29, 0.717) is 49.1 Å². The number of hydrogen-bond acceptors (Lipinski definition) is 6. The Morgan fingerprint density at radius 1 is 1.14 bits per heavy atom. The minimum Gasteiger partial charge on any atom is -0.497 e. The van der Waals surface area contributed by atoms with E-state index >= 15 is 0 Å². The molecule has 1 aliphatic heterocycles. The lowest BCUT2D eigenvalue weighted by atomic mass is 10.0. The molecule has 1 amide bonds. The number of rotatable bonds is 8. The molecule has 3 aromatic rings. The maximum absolute atomic E-state index is 13.0. The van der Waals surface area contributed by atoms with Gasteiger partial charge in [0, 0.05) is 31.8 Å². The van der Waals surface area contributed by atoms with Crippen LogP contribution >= 0.6 is 11.3 Å². The van der Waals surface area contributed by atoms with Crippen molar-refractivity contribution in [1.82, 2.24) is 8.87 Å². The van der Waals surface area contributed by atoms with E-state index in [1.54, 1.807) is 7.11 Å². The second kappa shape index (κ2) is 11.0. The highest BCUT2D eigenvalue weighted by atomic mass is 32.2. The molecule has 0 bridgehead atoms. The Hall–Kier alpha value is -2.53. The molecule has 0 saturated carbocycles. The van der Waals surface area contributed by atoms with Crippen molar-refractivity contribution in [2.45, 2.75) is 38.1 Å². The molecular formula is C25H31N3O5S2. The van der Waals surface area contributed by atoms with Gasteiger partial charge in [0.1, 0.15) is 5.75 Å². The molecule has 1 saturated heterocycles. The number of carbonyl (C=O) groups excluding carboxylic acids is 1. The minimum absolute atomic E-state index is 0.198. The summed E-state index contributed by atoms with van der Waals surface area (Å²) in [6, 6.07) is 11.8. The van der Waals surface area contributed by atoms with Crippen molar-refractivity contribution in [3.63, 3.8) is 0 Å². The number of methoxy groups -OCH3 is 1. The Kier molecular flexibility index (Phi) is 8.05. The van der Waals surface area contributed by atoms with Crippen LogP contribution in [0.5, 0.6) is 5.75 Å². The van der Waals surface area contributed by atoms with Gasteiger partial charge < -0.3 is 14.0 Å². The van der Waals surface area contributed by atoms with Gasteiger partial charge in [0.25, 0.3) is 5.91 Å². The molecule has 188 valence electrons. The molecule has 2 heterocycles. The Balaban J connectivity index is 1.62. The van der Waals surface area contributed by atoms with Crippen LogP contribution in [-0.2, 0) is 21.3 Å². The van der Waals surface area contributed by atoms with Gasteiger partial charge >= 0.3 is 0 Å². The van der Waals surface area contributed by atoms with E-state index in [2.05, 4.69) is 11.9 Å². The fraction of sp³-hybridized carbons (Fsp3) is 0.440. The zero-order chi connectivity index (χ0) is 25.0. The lowest BCUT2D eigenvalue weighted by molar-refractivity contribution is 0.0996. The number of aromatic nitrogens is 1. The number of piperidine rings is 1. The van der Waals surface area contributed by atoms with Gasteiger partial charge in [0.2, 0.25) is 10.0 Å². The lowest BCUT2D eigenvalue weighted by Gasteiger charge is -2.29. The maximum Gasteiger partial charge on any atom is 0.279 e. The van der Waals surface area contributed by atoms with Crippen molar-refractivity contribution in [3.05, 3.63) is 52.8 Å². The molecule has 1 fully saturated rings. The Morgan fingerprint density at radius 2 is 1.86 bits per heavy atom. The zero-order valence-electron chi connectivity index (χ0n) is 20.3. The van der Waals surface area contributed by atoms with Gasteiger partial charge in [-0.3, -0.25) is 4.79 Å². The number of sulfonamides is 1. The Labute approximate surface area is 209 Å². The van der Waals surface area contributed by atoms with Crippen LogP contribution in [0.3, 0.4) is 0 Å². The summed E-state index contributed by atoms with van der Waals surface area (Å²) >= 11 is 1.40. The molecule has 1 aliphatic rings. The highest BCUT2D eigenvalue weighted by Gasteiger charge is 2.28. The first kappa shape index (κ1) is 25.6. The first-order valence-corrected chi connectivity index (χ1v) is 14.0. The number of ether oxygens (including phenoxy) is 2. The third-order valence-electron chi connectivity index (χ3n) is 6.23. The molecule has 8 nitrogen and oxygen atoms in total. The van der Waals surface area contributed by atoms with Crippen molar-refractivity contribution in [1.29, 1.82) is 0 Å². The van der Waals surface area contributed by atoms with Gasteiger partial charge in [0.05, 0.1) is 28.8 Å². The third kappa shape index (κ3) is 5.66. The summed E-state index contributed by atoms with van der Waals surface area (Å²) in [6.07, 6.45) is 1.72. The van der Waals surface area contributed by atoms with Crippen LogP contribution in [0.25, 0.3) is 10.2 Å². The second-order valence-electron chi connectivity index (χ2n) is 8.59. The molecule has 0 N–H and O–H groups in total. The summed E-state index contributed by atoms with van der Waals surface area (Å²) in [7, 11) is -1.95. The summed E-state index contributed by atoms with van der Waals surface area (Å²) in [5, 5.41) is 0. The number of fused-ring (bicyclic) bond motifs is 1. The SMILES string of the molecule is CCOCCn1c(=NC(=O)c2ccc(S(=O)(=O)N3CCC(C)CC3)cc2)sc2cc(OC)ccc21. The van der Waals surface area contributed by atoms with E-state index in [9.17, 15) is 13.2 Å². The van der Waals surface area contributed by atoms with Crippen LogP contribution in [0.15, 0.2) is 52.4 Å². The highest BCUT2D eigenvalue weighted by Crippen LogP contribution is 2.25. The van der Waals surface area contributed by atoms with E-state index in [4.69, 9.17) is 9.47 Å². The van der Waals surface area contributed by atoms with Gasteiger partial charge in [-0.05, 0) is 68.1 Å². The number of thiazole rings is 1. The molecule has 1 aromatic heterocycles. The van der Waals surface area contributed by atoms with Crippen molar-refractivity contribution in [2.24, 2.45) is 10.9 Å². The predicted octanol–water partition coefficient (Wildman–Crippen LogP) is 3.91. The molecule has 0 atom stereocenters. The van der Waals surface area contributed by atoms with E-state index in [1.807, 2.05) is 29.7 Å². The number of amides is 1. The fourth-order valence-corrected chi connectivity index (χ4v) is 6.63. The Bertz CT molecular complexity index is 1350. The molecule has 0 spiro atoms. The van der Waals surface area contributed by atoms with Crippen LogP contribution in [0.4, 0.5) is 0 Å². The van der Waals surface area contributed by atoms with E-state index in [1.165, 1.54) is 39.9 Å². The van der Waals surface area contributed by atoms with E-state index in [-0.39, 0.29) is 4.90 Å². The summed E-state index contributed by atoms with van der Waals surface area (Å²) in [6.45, 7) is 6.78. The molecule has 0 unspecified atom stereocenters. The quantitative estimate of drug-likeness (QED) is 0.423. The smallest absolute Gasteiger partial charge is 0.279 e. The first-order chi connectivity index (χ1) is 16.8. The van der Waals surface area contributed by atoms with Gasteiger partial charge in [0.15, 0.2) is 4.80 Å². The first-order valence-electron chi connectivity index (χ1n) is 11.8. The molecule has 0 aliphatic carbocycles. The second-order valence-corrected chi connectivity index (χ2v) is 11.5. The van der Waals surface area contributed by atoms with Crippen molar-refractivity contribution in [3.8, 4) is 5.75 Å². The molecule has 2 aromatic carbocycles. The summed E-state index contributed by atoms with van der Waals surface area (Å²) < 4.78 is 41.3. The summed E-state index contributed by atoms with van der Waals surface area (Å²) in [4.78, 5) is 18.1. The van der Waals surface area contributed by atoms with E-state index in [0.717, 1.165) is 28.8 Å². The summed E-state index contributed by atoms with van der Waals surface area (Å²) in [5.74, 6) is 0.840. The van der Waals surface area contributed by atoms with Gasteiger partial charge in [-0.1, -0.05) is 18.3 Å². The highest BCUT2D eigenvalue weighted by molar-refractivity contribution is 7.89. The van der Waals surface area contributed by atoms with Crippen LogP contribution in [0.2, 0.25) is 0 Å². The predicted molar refractivity (Wildman–Crippen MR) is 136 cm³/mol. The van der Waals surface area contributed by atoms with Gasteiger partial charge in [-0.25, -0.2) is 8.42 Å². The van der Waals surface area contributed by atoms with Crippen molar-refractivity contribution in [2.75, 3.05) is 33.4 Å². The zero-order valence-corrected chi connectivity index (χ0v) is 21.9. The maximum atomic E-state index is 13.0. The lowest BCUT2D eigenvalue weighted by Crippen LogP contribution is -2.37. The molecule has 4 rings (SSSR count). The Morgan fingerprint density at radius 3 is 2.51 bits per heavy atom. The monoisotopic (exact) mass is 517 g/mol. The number of benzene rings is 2. The van der Waals surface area contributed by atoms with Crippen LogP contribution < -0.4 is 9.54 Å². The largest absolute Gasteiger partial charge is 0.497 e. The van der Waals surface area contributed by atoms with Crippen LogP contribution in [0.1, 0.15) is 37.0 Å². The molecule has 35 heavy (non-hydrogen) atoms. The standard InChI is InChI=1S/C25H31N3O5S2/c1-4-33-16-15-28-22-10-7-20(32-3)17-23(22)34-25(28)26-24(29)19-5-8-21(9-6-19)35(30,31)27-13-11-18(2)12-14-27/h5-10,17-18H,4,11-16H2,1-3H3. The van der Waals surface area contributed by atoms with Gasteiger partial charge in [-0.2, -0.15) is 9.30 Å². The van der Waals surface area contributed by atoms with Gasteiger partial charge in [-0.15, -0.1) is 0 Å². The topological polar surface area (TPSA) is 90.2 Å². The minimum atomic E-state index is -3.57. The van der Waals surface area contributed by atoms with Crippen molar-refractivity contribution >= 4 is 37.5 Å². The normalized spacial score (nSPS) is 16.1. The van der Waals surface area contributed by atoms with Crippen LogP contribution in [0, 0.1) is 5.92 Å². The summed E-state index contributed by atoms with van der Waals surface area (Å²) in [5.41, 5.74) is 1.28. The average molecular weight is 518 g/mol. The third-order valence-corrected chi connectivity index (χ3v) is 9.19. The average Bonchev–Trinajstić information content (AvgIpc) is 3.20. The number of nitrogens with zero attached hydrogens (tertiary/aromatic N) is 3. The number of carbonyl (C=O) groups is 1.